The van der Waals surface area contributed by atoms with E-state index in [2.05, 4.69) is 5.32 Å². The lowest BCUT2D eigenvalue weighted by atomic mass is 10.1. The van der Waals surface area contributed by atoms with Gasteiger partial charge in [-0.15, -0.1) is 11.3 Å². The third kappa shape index (κ3) is 5.63. The second-order valence-corrected chi connectivity index (χ2v) is 7.25. The van der Waals surface area contributed by atoms with Crippen LogP contribution in [0.1, 0.15) is 41.1 Å². The van der Waals surface area contributed by atoms with Gasteiger partial charge in [-0.25, -0.2) is 4.79 Å². The van der Waals surface area contributed by atoms with Gasteiger partial charge in [0.2, 0.25) is 11.7 Å². The van der Waals surface area contributed by atoms with E-state index in [1.807, 2.05) is 19.1 Å². The first-order chi connectivity index (χ1) is 14.0. The van der Waals surface area contributed by atoms with Crippen LogP contribution in [0, 0.1) is 0 Å². The highest BCUT2D eigenvalue weighted by molar-refractivity contribution is 7.16. The predicted octanol–water partition coefficient (Wildman–Crippen LogP) is 4.08. The van der Waals surface area contributed by atoms with E-state index in [-0.39, 0.29) is 18.9 Å². The van der Waals surface area contributed by atoms with Gasteiger partial charge in [0.1, 0.15) is 5.00 Å². The van der Waals surface area contributed by atoms with Crippen molar-refractivity contribution in [3.8, 4) is 17.2 Å². The van der Waals surface area contributed by atoms with Crippen LogP contribution in [0.4, 0.5) is 5.00 Å². The smallest absolute Gasteiger partial charge is 0.341 e. The lowest BCUT2D eigenvalue weighted by Crippen LogP contribution is -2.14. The maximum Gasteiger partial charge on any atom is 0.341 e. The van der Waals surface area contributed by atoms with Crippen LogP contribution >= 0.6 is 11.3 Å². The lowest BCUT2D eigenvalue weighted by Gasteiger charge is -2.14. The maximum atomic E-state index is 12.5. The molecule has 1 amide bonds. The first-order valence-electron chi connectivity index (χ1n) is 9.35. The van der Waals surface area contributed by atoms with E-state index in [9.17, 15) is 9.59 Å². The highest BCUT2D eigenvalue weighted by atomic mass is 32.1. The number of anilines is 1. The first-order valence-corrected chi connectivity index (χ1v) is 10.2. The van der Waals surface area contributed by atoms with Crippen LogP contribution in [-0.4, -0.2) is 39.8 Å². The summed E-state index contributed by atoms with van der Waals surface area (Å²) in [6.45, 7) is 4.03. The average Bonchev–Trinajstić information content (AvgIpc) is 3.14. The minimum absolute atomic E-state index is 0.186. The third-order valence-electron chi connectivity index (χ3n) is 4.25. The van der Waals surface area contributed by atoms with Crippen LogP contribution in [0.15, 0.2) is 18.2 Å². The van der Waals surface area contributed by atoms with E-state index < -0.39 is 5.97 Å². The van der Waals surface area contributed by atoms with Crippen LogP contribution in [0.5, 0.6) is 17.2 Å². The summed E-state index contributed by atoms with van der Waals surface area (Å²) in [7, 11) is 4.64. The number of thiophene rings is 1. The molecule has 0 spiro atoms. The fraction of sp³-hybridized carbons (Fsp3) is 0.429. The Morgan fingerprint density at radius 1 is 1.00 bits per heavy atom. The Labute approximate surface area is 174 Å². The van der Waals surface area contributed by atoms with Gasteiger partial charge in [0, 0.05) is 11.3 Å². The summed E-state index contributed by atoms with van der Waals surface area (Å²) in [6.07, 6.45) is 1.49. The van der Waals surface area contributed by atoms with Crippen LogP contribution < -0.4 is 19.5 Å². The van der Waals surface area contributed by atoms with Crippen molar-refractivity contribution in [2.24, 2.45) is 0 Å². The summed E-state index contributed by atoms with van der Waals surface area (Å²) in [5, 5.41) is 3.37. The highest BCUT2D eigenvalue weighted by Crippen LogP contribution is 2.38. The van der Waals surface area contributed by atoms with Crippen molar-refractivity contribution in [1.29, 1.82) is 0 Å². The molecule has 0 atom stereocenters. The molecule has 0 fully saturated rings. The molecule has 0 aliphatic carbocycles. The second kappa shape index (κ2) is 10.7. The zero-order chi connectivity index (χ0) is 21.4. The fourth-order valence-corrected chi connectivity index (χ4v) is 3.80. The summed E-state index contributed by atoms with van der Waals surface area (Å²) in [5.41, 5.74) is 1.27. The second-order valence-electron chi connectivity index (χ2n) is 6.11. The molecule has 1 heterocycles. The molecule has 8 heteroatoms. The Hall–Kier alpha value is -2.74. The van der Waals surface area contributed by atoms with Gasteiger partial charge in [-0.3, -0.25) is 4.79 Å². The number of amides is 1. The summed E-state index contributed by atoms with van der Waals surface area (Å²) in [4.78, 5) is 25.7. The zero-order valence-corrected chi connectivity index (χ0v) is 18.2. The summed E-state index contributed by atoms with van der Waals surface area (Å²) >= 11 is 1.39. The molecule has 0 saturated carbocycles. The molecule has 7 nitrogen and oxygen atoms in total. The molecule has 0 saturated heterocycles. The minimum atomic E-state index is -0.427. The van der Waals surface area contributed by atoms with E-state index >= 15 is 0 Å². The number of methoxy groups -OCH3 is 3. The van der Waals surface area contributed by atoms with Gasteiger partial charge >= 0.3 is 5.97 Å². The van der Waals surface area contributed by atoms with Crippen LogP contribution in [0.25, 0.3) is 0 Å². The molecule has 1 aromatic carbocycles. The van der Waals surface area contributed by atoms with Gasteiger partial charge in [0.15, 0.2) is 11.5 Å². The van der Waals surface area contributed by atoms with Crippen molar-refractivity contribution < 1.29 is 28.5 Å². The Morgan fingerprint density at radius 3 is 2.17 bits per heavy atom. The molecule has 1 N–H and O–H groups in total. The maximum absolute atomic E-state index is 12.5. The molecule has 29 heavy (non-hydrogen) atoms. The van der Waals surface area contributed by atoms with E-state index in [4.69, 9.17) is 18.9 Å². The number of rotatable bonds is 10. The number of esters is 1. The van der Waals surface area contributed by atoms with Crippen LogP contribution in [0.3, 0.4) is 0 Å². The number of carbonyl (C=O) groups is 2. The van der Waals surface area contributed by atoms with E-state index in [0.717, 1.165) is 16.9 Å². The van der Waals surface area contributed by atoms with Gasteiger partial charge in [-0.1, -0.05) is 6.92 Å². The monoisotopic (exact) mass is 421 g/mol. The van der Waals surface area contributed by atoms with Crippen molar-refractivity contribution in [2.75, 3.05) is 33.3 Å². The topological polar surface area (TPSA) is 83.1 Å². The van der Waals surface area contributed by atoms with Crippen molar-refractivity contribution in [3.05, 3.63) is 34.2 Å². The zero-order valence-electron chi connectivity index (χ0n) is 17.4. The Kier molecular flexibility index (Phi) is 8.33. The van der Waals surface area contributed by atoms with E-state index in [1.54, 1.807) is 34.3 Å². The number of hydrogen-bond donors (Lipinski definition) is 1. The molecule has 0 bridgehead atoms. The molecule has 0 aliphatic rings. The molecule has 2 aromatic rings. The number of carbonyl (C=O) groups excluding carboxylic acids is 2. The molecule has 0 unspecified atom stereocenters. The SMILES string of the molecule is CCOC(=O)c1cc(CC)sc1NC(=O)CCc1cc(OC)c(OC)c(OC)c1. The minimum Gasteiger partial charge on any atom is -0.493 e. The molecule has 0 radical (unpaired) electrons. The van der Waals surface area contributed by atoms with Crippen LogP contribution in [-0.2, 0) is 22.4 Å². The van der Waals surface area contributed by atoms with Crippen molar-refractivity contribution in [3.63, 3.8) is 0 Å². The molecule has 158 valence electrons. The summed E-state index contributed by atoms with van der Waals surface area (Å²) in [5.74, 6) is 0.973. The molecule has 0 aliphatic heterocycles. The highest BCUT2D eigenvalue weighted by Gasteiger charge is 2.19. The number of benzene rings is 1. The standard InChI is InChI=1S/C21H27NO6S/c1-6-14-12-15(21(24)28-7-2)20(29-14)22-18(23)9-8-13-10-16(25-3)19(27-5)17(11-13)26-4/h10-12H,6-9H2,1-5H3,(H,22,23). The lowest BCUT2D eigenvalue weighted by molar-refractivity contribution is -0.116. The molecule has 2 rings (SSSR count). The van der Waals surface area contributed by atoms with Gasteiger partial charge in [-0.05, 0) is 43.5 Å². The van der Waals surface area contributed by atoms with Crippen molar-refractivity contribution >= 4 is 28.2 Å². The Balaban J connectivity index is 2.11. The molecule has 1 aromatic heterocycles. The number of ether oxygens (including phenoxy) is 4. The predicted molar refractivity (Wildman–Crippen MR) is 113 cm³/mol. The van der Waals surface area contributed by atoms with Gasteiger partial charge in [-0.2, -0.15) is 0 Å². The molecular weight excluding hydrogens is 394 g/mol. The summed E-state index contributed by atoms with van der Waals surface area (Å²) in [6, 6.07) is 5.41. The van der Waals surface area contributed by atoms with E-state index in [0.29, 0.717) is 34.2 Å². The van der Waals surface area contributed by atoms with Crippen molar-refractivity contribution in [2.45, 2.75) is 33.1 Å². The average molecular weight is 422 g/mol. The fourth-order valence-electron chi connectivity index (χ4n) is 2.80. The Morgan fingerprint density at radius 2 is 1.66 bits per heavy atom. The number of hydrogen-bond acceptors (Lipinski definition) is 7. The quantitative estimate of drug-likeness (QED) is 0.582. The van der Waals surface area contributed by atoms with Gasteiger partial charge in [0.25, 0.3) is 0 Å². The van der Waals surface area contributed by atoms with Gasteiger partial charge < -0.3 is 24.3 Å². The first kappa shape index (κ1) is 22.5. The third-order valence-corrected chi connectivity index (χ3v) is 5.44. The summed E-state index contributed by atoms with van der Waals surface area (Å²) < 4.78 is 21.1. The van der Waals surface area contributed by atoms with E-state index in [1.165, 1.54) is 11.3 Å². The van der Waals surface area contributed by atoms with Crippen LogP contribution in [0.2, 0.25) is 0 Å². The number of aryl methyl sites for hydroxylation is 2. The molecular formula is C21H27NO6S. The van der Waals surface area contributed by atoms with Gasteiger partial charge in [0.05, 0.1) is 33.5 Å². The largest absolute Gasteiger partial charge is 0.493 e. The van der Waals surface area contributed by atoms with Crippen molar-refractivity contribution in [1.82, 2.24) is 0 Å². The Bertz CT molecular complexity index is 836. The normalized spacial score (nSPS) is 10.4. The number of nitrogens with one attached hydrogen (secondary N) is 1.